The van der Waals surface area contributed by atoms with Crippen LogP contribution in [-0.4, -0.2) is 64.6 Å². The van der Waals surface area contributed by atoms with E-state index in [0.717, 1.165) is 6.20 Å². The molecule has 0 spiro atoms. The third kappa shape index (κ3) is 4.16. The number of nitrogens with zero attached hydrogens (tertiary/aromatic N) is 7. The van der Waals surface area contributed by atoms with E-state index in [1.165, 1.54) is 23.4 Å². The van der Waals surface area contributed by atoms with Gasteiger partial charge in [-0.2, -0.15) is 0 Å². The van der Waals surface area contributed by atoms with Gasteiger partial charge < -0.3 is 14.6 Å². The predicted octanol–water partition coefficient (Wildman–Crippen LogP) is 3.01. The number of aromatic nitrogens is 6. The lowest BCUT2D eigenvalue weighted by Gasteiger charge is -2.35. The number of halogens is 2. The second-order valence-corrected chi connectivity index (χ2v) is 8.62. The second-order valence-electron chi connectivity index (χ2n) is 8.62. The van der Waals surface area contributed by atoms with Gasteiger partial charge in [-0.25, -0.2) is 33.7 Å². The molecule has 2 N–H and O–H groups in total. The van der Waals surface area contributed by atoms with Gasteiger partial charge in [-0.3, -0.25) is 10.1 Å². The number of aliphatic hydroxyl groups excluding tert-OH is 1. The number of aliphatic hydroxyl groups is 1. The molecule has 0 bridgehead atoms. The highest BCUT2D eigenvalue weighted by molar-refractivity contribution is 5.94. The quantitative estimate of drug-likeness (QED) is 0.447. The van der Waals surface area contributed by atoms with Crippen molar-refractivity contribution in [2.75, 3.05) is 18.4 Å². The van der Waals surface area contributed by atoms with Gasteiger partial charge in [-0.15, -0.1) is 0 Å². The number of rotatable bonds is 5. The first kappa shape index (κ1) is 22.7. The van der Waals surface area contributed by atoms with Gasteiger partial charge in [-0.05, 0) is 32.9 Å². The topological polar surface area (TPSA) is 122 Å². The highest BCUT2D eigenvalue weighted by Crippen LogP contribution is 2.30. The molecule has 5 rings (SSSR count). The Balaban J connectivity index is 1.43. The Morgan fingerprint density at radius 2 is 1.74 bits per heavy atom. The fraction of sp³-hybridized carbons (Fsp3) is 0.304. The first-order chi connectivity index (χ1) is 16.7. The number of imidazole rings is 1. The summed E-state index contributed by atoms with van der Waals surface area (Å²) in [6, 6.07) is 2.87. The van der Waals surface area contributed by atoms with Gasteiger partial charge in [0.25, 0.3) is 5.91 Å². The molecule has 0 saturated carbocycles. The molecule has 0 unspecified atom stereocenters. The Bertz CT molecular complexity index is 1430. The lowest BCUT2D eigenvalue weighted by molar-refractivity contribution is 0.00584. The summed E-state index contributed by atoms with van der Waals surface area (Å²) in [5, 5.41) is 12.1. The number of amides is 1. The zero-order valence-electron chi connectivity index (χ0n) is 19.2. The molecule has 0 aliphatic carbocycles. The molecule has 35 heavy (non-hydrogen) atoms. The lowest BCUT2D eigenvalue weighted by atomic mass is 10.1. The van der Waals surface area contributed by atoms with E-state index < -0.39 is 17.7 Å². The maximum Gasteiger partial charge on any atom is 0.257 e. The second kappa shape index (κ2) is 8.62. The Morgan fingerprint density at radius 3 is 2.40 bits per heavy atom. The monoisotopic (exact) mass is 480 g/mol. The van der Waals surface area contributed by atoms with E-state index in [2.05, 4.69) is 30.2 Å². The van der Waals surface area contributed by atoms with Crippen molar-refractivity contribution in [3.05, 3.63) is 53.7 Å². The molecule has 1 amide bonds. The van der Waals surface area contributed by atoms with Crippen LogP contribution in [0, 0.1) is 18.6 Å². The molecule has 3 aromatic heterocycles. The number of hydrogen-bond acceptors (Lipinski definition) is 8. The van der Waals surface area contributed by atoms with Crippen LogP contribution in [0.15, 0.2) is 30.7 Å². The number of carbonyl (C=O) groups is 1. The molecule has 180 valence electrons. The highest BCUT2D eigenvalue weighted by Gasteiger charge is 2.29. The summed E-state index contributed by atoms with van der Waals surface area (Å²) in [6.45, 7) is 6.25. The summed E-state index contributed by atoms with van der Waals surface area (Å²) in [5.41, 5.74) is 1.16. The van der Waals surface area contributed by atoms with Gasteiger partial charge in [0.2, 0.25) is 11.9 Å². The largest absolute Gasteiger partial charge is 0.389 e. The summed E-state index contributed by atoms with van der Waals surface area (Å²) >= 11 is 0. The number of fused-ring (bicyclic) bond motifs is 1. The number of carbonyl (C=O) groups excluding carboxylic acids is 1. The van der Waals surface area contributed by atoms with Crippen molar-refractivity contribution >= 4 is 28.8 Å². The minimum absolute atomic E-state index is 0.000365. The third-order valence-electron chi connectivity index (χ3n) is 5.73. The van der Waals surface area contributed by atoms with Crippen LogP contribution in [0.2, 0.25) is 0 Å². The van der Waals surface area contributed by atoms with E-state index in [4.69, 9.17) is 0 Å². The third-order valence-corrected chi connectivity index (χ3v) is 5.73. The van der Waals surface area contributed by atoms with Crippen molar-refractivity contribution in [3.8, 4) is 11.3 Å². The molecule has 1 saturated heterocycles. The number of aryl methyl sites for hydroxylation is 1. The normalized spacial score (nSPS) is 14.0. The Labute approximate surface area is 198 Å². The highest BCUT2D eigenvalue weighted by atomic mass is 19.1. The molecule has 0 radical (unpaired) electrons. The van der Waals surface area contributed by atoms with Crippen LogP contribution < -0.4 is 5.32 Å². The fourth-order valence-corrected chi connectivity index (χ4v) is 4.09. The maximum atomic E-state index is 14.9. The van der Waals surface area contributed by atoms with Crippen LogP contribution in [0.1, 0.15) is 36.1 Å². The first-order valence-corrected chi connectivity index (χ1v) is 11.0. The number of β-amino-alcohol motifs (C(OH)–C–C–N with tert-alkyl or cyclic N) is 1. The molecule has 1 fully saturated rings. The van der Waals surface area contributed by atoms with Gasteiger partial charge >= 0.3 is 0 Å². The summed E-state index contributed by atoms with van der Waals surface area (Å²) < 4.78 is 31.4. The van der Waals surface area contributed by atoms with Crippen LogP contribution in [0.4, 0.5) is 20.7 Å². The molecular weight excluding hydrogens is 458 g/mol. The van der Waals surface area contributed by atoms with Crippen molar-refractivity contribution in [2.24, 2.45) is 0 Å². The Hall–Kier alpha value is -4.06. The molecule has 1 aliphatic heterocycles. The molecule has 12 heteroatoms. The number of likely N-dealkylation sites (tertiary alicyclic amines) is 1. The van der Waals surface area contributed by atoms with E-state index in [9.17, 15) is 18.7 Å². The van der Waals surface area contributed by atoms with E-state index in [0.29, 0.717) is 11.3 Å². The van der Waals surface area contributed by atoms with Crippen molar-refractivity contribution in [2.45, 2.75) is 32.9 Å². The molecule has 1 aromatic carbocycles. The van der Waals surface area contributed by atoms with Crippen molar-refractivity contribution in [3.63, 3.8) is 0 Å². The van der Waals surface area contributed by atoms with Crippen molar-refractivity contribution in [1.29, 1.82) is 0 Å². The average molecular weight is 480 g/mol. The van der Waals surface area contributed by atoms with Crippen LogP contribution in [0.5, 0.6) is 0 Å². The van der Waals surface area contributed by atoms with Crippen LogP contribution in [0.25, 0.3) is 22.3 Å². The van der Waals surface area contributed by atoms with E-state index >= 15 is 0 Å². The van der Waals surface area contributed by atoms with Crippen molar-refractivity contribution in [1.82, 2.24) is 34.4 Å². The minimum Gasteiger partial charge on any atom is -0.389 e. The summed E-state index contributed by atoms with van der Waals surface area (Å²) in [4.78, 5) is 34.4. The Morgan fingerprint density at radius 1 is 1.06 bits per heavy atom. The van der Waals surface area contributed by atoms with Crippen LogP contribution in [0.3, 0.4) is 0 Å². The smallest absolute Gasteiger partial charge is 0.257 e. The zero-order valence-corrected chi connectivity index (χ0v) is 19.2. The van der Waals surface area contributed by atoms with Gasteiger partial charge in [0.1, 0.15) is 17.0 Å². The van der Waals surface area contributed by atoms with Crippen LogP contribution in [-0.2, 0) is 0 Å². The minimum atomic E-state index is -0.722. The van der Waals surface area contributed by atoms with Gasteiger partial charge in [0.05, 0.1) is 23.4 Å². The number of benzene rings is 1. The molecule has 4 heterocycles. The van der Waals surface area contributed by atoms with Gasteiger partial charge in [-0.1, -0.05) is 0 Å². The zero-order chi connectivity index (χ0) is 24.9. The number of anilines is 2. The van der Waals surface area contributed by atoms with Crippen molar-refractivity contribution < 1.29 is 18.7 Å². The molecule has 0 atom stereocenters. The van der Waals surface area contributed by atoms with Gasteiger partial charge in [0, 0.05) is 37.1 Å². The number of nitrogens with one attached hydrogen (secondary N) is 1. The summed E-state index contributed by atoms with van der Waals surface area (Å²) in [5.74, 6) is -0.833. The lowest BCUT2D eigenvalue weighted by Crippen LogP contribution is -2.53. The van der Waals surface area contributed by atoms with Crippen LogP contribution >= 0.6 is 0 Å². The maximum absolute atomic E-state index is 14.9. The number of hydrogen-bond donors (Lipinski definition) is 2. The first-order valence-electron chi connectivity index (χ1n) is 11.0. The Kier molecular flexibility index (Phi) is 5.59. The average Bonchev–Trinajstić information content (AvgIpc) is 3.15. The predicted molar refractivity (Wildman–Crippen MR) is 123 cm³/mol. The summed E-state index contributed by atoms with van der Waals surface area (Å²) in [7, 11) is 0. The SMILES string of the molecule is Cc1nc2c(F)cc(-c3nc(Nc4ncc(C(=O)N5CC(O)C5)cn4)ncc3F)cc2n1C(C)C. The molecular formula is C23H22F2N8O2. The fourth-order valence-electron chi connectivity index (χ4n) is 4.09. The van der Waals surface area contributed by atoms with Gasteiger partial charge in [0.15, 0.2) is 11.6 Å². The van der Waals surface area contributed by atoms with E-state index in [1.54, 1.807) is 13.0 Å². The van der Waals surface area contributed by atoms with E-state index in [-0.39, 0.29) is 59.3 Å². The van der Waals surface area contributed by atoms with E-state index in [1.807, 2.05) is 18.4 Å². The molecule has 1 aliphatic rings. The molecule has 10 nitrogen and oxygen atoms in total. The standard InChI is InChI=1S/C23H22F2N8O2/c1-11(2)33-12(3)29-20-16(24)4-13(5-18(20)33)19-17(25)8-28-23(30-19)31-22-26-6-14(7-27-22)21(35)32-9-15(34)10-32/h4-8,11,15,34H,9-10H2,1-3H3,(H,26,27,28,30,31). The molecule has 4 aromatic rings. The summed E-state index contributed by atoms with van der Waals surface area (Å²) in [6.07, 6.45) is 3.15.